The monoisotopic (exact) mass is 427 g/mol. The molecule has 9 heteroatoms. The van der Waals surface area contributed by atoms with Gasteiger partial charge >= 0.3 is 6.36 Å². The SMILES string of the molecule is Cc1csc(C2CC(c3ccc(OC(F)(F)F)cc3)CN(C3COCCN3)C2)n1. The molecule has 0 radical (unpaired) electrons. The number of alkyl halides is 3. The molecule has 1 N–H and O–H groups in total. The number of ether oxygens (including phenoxy) is 2. The van der Waals surface area contributed by atoms with Crippen molar-refractivity contribution >= 4 is 11.3 Å². The first-order chi connectivity index (χ1) is 13.9. The van der Waals surface area contributed by atoms with Crippen molar-refractivity contribution in [3.05, 3.63) is 45.9 Å². The van der Waals surface area contributed by atoms with Crippen LogP contribution in [0.1, 0.15) is 34.5 Å². The van der Waals surface area contributed by atoms with E-state index < -0.39 is 6.36 Å². The second-order valence-electron chi connectivity index (χ2n) is 7.57. The summed E-state index contributed by atoms with van der Waals surface area (Å²) >= 11 is 1.68. The summed E-state index contributed by atoms with van der Waals surface area (Å²) in [6.07, 6.45) is -3.62. The lowest BCUT2D eigenvalue weighted by atomic mass is 9.84. The predicted molar refractivity (Wildman–Crippen MR) is 104 cm³/mol. The van der Waals surface area contributed by atoms with Crippen LogP contribution in [0, 0.1) is 6.92 Å². The van der Waals surface area contributed by atoms with Crippen molar-refractivity contribution in [2.75, 3.05) is 32.8 Å². The quantitative estimate of drug-likeness (QED) is 0.803. The first kappa shape index (κ1) is 20.6. The second-order valence-corrected chi connectivity index (χ2v) is 8.46. The zero-order valence-electron chi connectivity index (χ0n) is 16.1. The normalized spacial score (nSPS) is 26.4. The third kappa shape index (κ3) is 5.28. The van der Waals surface area contributed by atoms with Gasteiger partial charge in [-0.25, -0.2) is 4.98 Å². The van der Waals surface area contributed by atoms with E-state index in [-0.39, 0.29) is 23.8 Å². The van der Waals surface area contributed by atoms with E-state index in [4.69, 9.17) is 9.72 Å². The topological polar surface area (TPSA) is 46.6 Å². The predicted octanol–water partition coefficient (Wildman–Crippen LogP) is 3.87. The number of piperidine rings is 1. The molecule has 3 unspecified atom stereocenters. The molecule has 1 aromatic carbocycles. The third-order valence-electron chi connectivity index (χ3n) is 5.39. The fourth-order valence-corrected chi connectivity index (χ4v) is 5.00. The van der Waals surface area contributed by atoms with Crippen molar-refractivity contribution in [1.82, 2.24) is 15.2 Å². The molecule has 4 rings (SSSR count). The largest absolute Gasteiger partial charge is 0.573 e. The number of likely N-dealkylation sites (tertiary alicyclic amines) is 1. The van der Waals surface area contributed by atoms with Crippen molar-refractivity contribution in [3.63, 3.8) is 0 Å². The van der Waals surface area contributed by atoms with Crippen LogP contribution in [-0.4, -0.2) is 55.3 Å². The highest BCUT2D eigenvalue weighted by molar-refractivity contribution is 7.09. The van der Waals surface area contributed by atoms with Crippen LogP contribution in [0.5, 0.6) is 5.75 Å². The van der Waals surface area contributed by atoms with Gasteiger partial charge in [0.2, 0.25) is 0 Å². The van der Waals surface area contributed by atoms with Crippen molar-refractivity contribution < 1.29 is 22.6 Å². The van der Waals surface area contributed by atoms with E-state index in [9.17, 15) is 13.2 Å². The number of nitrogens with one attached hydrogen (secondary N) is 1. The van der Waals surface area contributed by atoms with Crippen LogP contribution in [0.2, 0.25) is 0 Å². The van der Waals surface area contributed by atoms with Crippen LogP contribution in [0.15, 0.2) is 29.6 Å². The molecule has 2 aliphatic rings. The summed E-state index contributed by atoms with van der Waals surface area (Å²) in [7, 11) is 0. The summed E-state index contributed by atoms with van der Waals surface area (Å²) < 4.78 is 47.0. The van der Waals surface area contributed by atoms with Crippen LogP contribution in [0.4, 0.5) is 13.2 Å². The summed E-state index contributed by atoms with van der Waals surface area (Å²) in [5, 5.41) is 6.69. The Kier molecular flexibility index (Phi) is 6.10. The first-order valence-electron chi connectivity index (χ1n) is 9.70. The van der Waals surface area contributed by atoms with E-state index in [1.165, 1.54) is 12.1 Å². The van der Waals surface area contributed by atoms with Crippen LogP contribution < -0.4 is 10.1 Å². The Bertz CT molecular complexity index is 806. The fraction of sp³-hybridized carbons (Fsp3) is 0.550. The Morgan fingerprint density at radius 2 is 1.97 bits per heavy atom. The molecule has 2 aromatic rings. The van der Waals surface area contributed by atoms with Gasteiger partial charge in [0.1, 0.15) is 5.75 Å². The van der Waals surface area contributed by atoms with E-state index in [1.54, 1.807) is 23.5 Å². The molecule has 29 heavy (non-hydrogen) atoms. The molecule has 0 amide bonds. The molecule has 2 saturated heterocycles. The highest BCUT2D eigenvalue weighted by Crippen LogP contribution is 2.38. The van der Waals surface area contributed by atoms with Crippen LogP contribution in [0.25, 0.3) is 0 Å². The Labute approximate surface area is 171 Å². The number of aromatic nitrogens is 1. The van der Waals surface area contributed by atoms with Gasteiger partial charge in [-0.05, 0) is 37.0 Å². The van der Waals surface area contributed by atoms with E-state index in [0.717, 1.165) is 42.3 Å². The molecule has 0 spiro atoms. The zero-order valence-corrected chi connectivity index (χ0v) is 16.9. The highest BCUT2D eigenvalue weighted by atomic mass is 32.1. The van der Waals surface area contributed by atoms with E-state index in [0.29, 0.717) is 13.2 Å². The highest BCUT2D eigenvalue weighted by Gasteiger charge is 2.35. The molecule has 158 valence electrons. The van der Waals surface area contributed by atoms with E-state index in [2.05, 4.69) is 20.3 Å². The molecule has 2 fully saturated rings. The lowest BCUT2D eigenvalue weighted by molar-refractivity contribution is -0.274. The number of benzene rings is 1. The van der Waals surface area contributed by atoms with Gasteiger partial charge < -0.3 is 9.47 Å². The molecule has 2 aliphatic heterocycles. The minimum absolute atomic E-state index is 0.142. The van der Waals surface area contributed by atoms with E-state index in [1.807, 2.05) is 6.92 Å². The number of hydrogen-bond acceptors (Lipinski definition) is 6. The number of morpholine rings is 1. The molecule has 0 aliphatic carbocycles. The Hall–Kier alpha value is -1.68. The number of rotatable bonds is 4. The lowest BCUT2D eigenvalue weighted by Gasteiger charge is -2.43. The van der Waals surface area contributed by atoms with Gasteiger partial charge in [-0.3, -0.25) is 10.2 Å². The standard InChI is InChI=1S/C20H24F3N3O2S/c1-13-12-29-19(25-13)16-8-15(9-26(10-16)18-11-27-7-6-24-18)14-2-4-17(5-3-14)28-20(21,22)23/h2-5,12,15-16,18,24H,6-11H2,1H3. The van der Waals surface area contributed by atoms with Crippen LogP contribution >= 0.6 is 11.3 Å². The van der Waals surface area contributed by atoms with Gasteiger partial charge in [-0.15, -0.1) is 24.5 Å². The molecule has 0 saturated carbocycles. The smallest absolute Gasteiger partial charge is 0.406 e. The number of hydrogen-bond donors (Lipinski definition) is 1. The Morgan fingerprint density at radius 1 is 1.21 bits per heavy atom. The summed E-state index contributed by atoms with van der Waals surface area (Å²) in [5.74, 6) is 0.284. The van der Waals surface area contributed by atoms with Crippen molar-refractivity contribution in [2.24, 2.45) is 0 Å². The maximum Gasteiger partial charge on any atom is 0.573 e. The minimum Gasteiger partial charge on any atom is -0.406 e. The molecule has 0 bridgehead atoms. The Balaban J connectivity index is 1.54. The molecule has 3 atom stereocenters. The van der Waals surface area contributed by atoms with Crippen molar-refractivity contribution in [1.29, 1.82) is 0 Å². The van der Waals surface area contributed by atoms with Crippen LogP contribution in [-0.2, 0) is 4.74 Å². The van der Waals surface area contributed by atoms with Crippen molar-refractivity contribution in [3.8, 4) is 5.75 Å². The lowest BCUT2D eigenvalue weighted by Crippen LogP contribution is -2.56. The van der Waals surface area contributed by atoms with Gasteiger partial charge in [0.25, 0.3) is 0 Å². The van der Waals surface area contributed by atoms with Gasteiger partial charge in [-0.1, -0.05) is 12.1 Å². The summed E-state index contributed by atoms with van der Waals surface area (Å²) in [4.78, 5) is 7.08. The number of aryl methyl sites for hydroxylation is 1. The third-order valence-corrected chi connectivity index (χ3v) is 6.52. The van der Waals surface area contributed by atoms with E-state index >= 15 is 0 Å². The number of nitrogens with zero attached hydrogens (tertiary/aromatic N) is 2. The number of halogens is 3. The molecule has 1 aromatic heterocycles. The number of thiazole rings is 1. The maximum absolute atomic E-state index is 12.4. The zero-order chi connectivity index (χ0) is 20.4. The fourth-order valence-electron chi connectivity index (χ4n) is 4.10. The molecular weight excluding hydrogens is 403 g/mol. The van der Waals surface area contributed by atoms with Gasteiger partial charge in [0.15, 0.2) is 0 Å². The molecule has 5 nitrogen and oxygen atoms in total. The van der Waals surface area contributed by atoms with Crippen molar-refractivity contribution in [2.45, 2.75) is 37.7 Å². The average molecular weight is 427 g/mol. The van der Waals surface area contributed by atoms with Gasteiger partial charge in [0.05, 0.1) is 24.4 Å². The Morgan fingerprint density at radius 3 is 2.59 bits per heavy atom. The van der Waals surface area contributed by atoms with Gasteiger partial charge in [0, 0.05) is 36.6 Å². The second kappa shape index (κ2) is 8.59. The maximum atomic E-state index is 12.4. The average Bonchev–Trinajstić information content (AvgIpc) is 3.14. The summed E-state index contributed by atoms with van der Waals surface area (Å²) in [5.41, 5.74) is 2.03. The molecule has 3 heterocycles. The summed E-state index contributed by atoms with van der Waals surface area (Å²) in [6.45, 7) is 5.86. The van der Waals surface area contributed by atoms with Crippen LogP contribution in [0.3, 0.4) is 0 Å². The first-order valence-corrected chi connectivity index (χ1v) is 10.6. The minimum atomic E-state index is -4.68. The summed E-state index contributed by atoms with van der Waals surface area (Å²) in [6, 6.07) is 6.27. The van der Waals surface area contributed by atoms with Gasteiger partial charge in [-0.2, -0.15) is 0 Å². The molecular formula is C20H24F3N3O2S.